The van der Waals surface area contributed by atoms with E-state index in [4.69, 9.17) is 4.74 Å². The first kappa shape index (κ1) is 12.5. The molecule has 1 rings (SSSR count). The smallest absolute Gasteiger partial charge is 0.419 e. The predicted octanol–water partition coefficient (Wildman–Crippen LogP) is 3.89. The maximum Gasteiger partial charge on any atom is 0.419 e. The molecule has 88 valence electrons. The quantitative estimate of drug-likeness (QED) is 0.721. The van der Waals surface area contributed by atoms with E-state index in [1.54, 1.807) is 6.92 Å². The molecule has 5 heteroatoms. The van der Waals surface area contributed by atoms with Crippen LogP contribution in [0.5, 0.6) is 5.75 Å². The highest BCUT2D eigenvalue weighted by Gasteiger charge is 2.37. The van der Waals surface area contributed by atoms with Crippen molar-refractivity contribution in [3.05, 3.63) is 35.7 Å². The van der Waals surface area contributed by atoms with Crippen LogP contribution >= 0.6 is 0 Å². The molecule has 0 bridgehead atoms. The van der Waals surface area contributed by atoms with E-state index in [0.29, 0.717) is 0 Å². The first-order valence-electron chi connectivity index (χ1n) is 4.56. The summed E-state index contributed by atoms with van der Waals surface area (Å²) in [5.41, 5.74) is -1.64. The molecule has 0 amide bonds. The summed E-state index contributed by atoms with van der Waals surface area (Å²) in [7, 11) is 0. The Balaban J connectivity index is 3.40. The summed E-state index contributed by atoms with van der Waals surface area (Å²) in [5.74, 6) is -1.80. The molecule has 0 atom stereocenters. The van der Waals surface area contributed by atoms with Gasteiger partial charge < -0.3 is 4.74 Å². The van der Waals surface area contributed by atoms with Crippen LogP contribution in [-0.2, 0) is 6.18 Å². The molecule has 0 saturated carbocycles. The van der Waals surface area contributed by atoms with Gasteiger partial charge in [-0.3, -0.25) is 0 Å². The molecular formula is C11H10F4O. The van der Waals surface area contributed by atoms with E-state index in [1.807, 2.05) is 0 Å². The standard InChI is InChI=1S/C11H10F4O/c1-3-7-5-6-8(16-4-2)10(12)9(7)11(13,14)15/h3,5-6H,1,4H2,2H3. The van der Waals surface area contributed by atoms with Gasteiger partial charge in [-0.15, -0.1) is 0 Å². The SMILES string of the molecule is C=Cc1ccc(OCC)c(F)c1C(F)(F)F. The molecule has 0 N–H and O–H groups in total. The molecule has 16 heavy (non-hydrogen) atoms. The lowest BCUT2D eigenvalue weighted by Crippen LogP contribution is -2.12. The average Bonchev–Trinajstić information content (AvgIpc) is 2.19. The summed E-state index contributed by atoms with van der Waals surface area (Å²) in [6.45, 7) is 4.88. The van der Waals surface area contributed by atoms with Gasteiger partial charge in [-0.2, -0.15) is 13.2 Å². The Kier molecular flexibility index (Phi) is 3.57. The van der Waals surface area contributed by atoms with Crippen molar-refractivity contribution in [2.45, 2.75) is 13.1 Å². The van der Waals surface area contributed by atoms with Gasteiger partial charge in [0.2, 0.25) is 0 Å². The minimum atomic E-state index is -4.76. The van der Waals surface area contributed by atoms with Crippen molar-refractivity contribution in [3.8, 4) is 5.75 Å². The van der Waals surface area contributed by atoms with Gasteiger partial charge in [0.25, 0.3) is 0 Å². The third kappa shape index (κ3) is 2.35. The Morgan fingerprint density at radius 2 is 2.00 bits per heavy atom. The van der Waals surface area contributed by atoms with E-state index < -0.39 is 23.3 Å². The molecule has 0 fully saturated rings. The molecule has 0 aromatic heterocycles. The average molecular weight is 234 g/mol. The van der Waals surface area contributed by atoms with Crippen LogP contribution in [0.1, 0.15) is 18.1 Å². The van der Waals surface area contributed by atoms with Crippen LogP contribution in [0, 0.1) is 5.82 Å². The number of alkyl halides is 3. The molecule has 0 aliphatic carbocycles. The lowest BCUT2D eigenvalue weighted by Gasteiger charge is -2.14. The molecule has 0 saturated heterocycles. The zero-order valence-corrected chi connectivity index (χ0v) is 8.57. The second-order valence-electron chi connectivity index (χ2n) is 2.98. The highest BCUT2D eigenvalue weighted by Crippen LogP contribution is 2.37. The van der Waals surface area contributed by atoms with E-state index in [9.17, 15) is 17.6 Å². The van der Waals surface area contributed by atoms with Crippen molar-refractivity contribution in [1.29, 1.82) is 0 Å². The molecule has 0 aliphatic rings. The van der Waals surface area contributed by atoms with Crippen LogP contribution in [-0.4, -0.2) is 6.61 Å². The lowest BCUT2D eigenvalue weighted by molar-refractivity contribution is -0.140. The minimum absolute atomic E-state index is 0.0989. The van der Waals surface area contributed by atoms with Gasteiger partial charge in [-0.25, -0.2) is 4.39 Å². The maximum absolute atomic E-state index is 13.5. The van der Waals surface area contributed by atoms with Gasteiger partial charge in [0.05, 0.1) is 6.61 Å². The molecular weight excluding hydrogens is 224 g/mol. The molecule has 0 aliphatic heterocycles. The summed E-state index contributed by atoms with van der Waals surface area (Å²) in [4.78, 5) is 0. The van der Waals surface area contributed by atoms with Crippen molar-refractivity contribution >= 4 is 6.08 Å². The lowest BCUT2D eigenvalue weighted by atomic mass is 10.1. The number of benzene rings is 1. The fourth-order valence-corrected chi connectivity index (χ4v) is 1.30. The summed E-state index contributed by atoms with van der Waals surface area (Å²) in [5, 5.41) is 0. The van der Waals surface area contributed by atoms with E-state index in [0.717, 1.165) is 18.2 Å². The zero-order valence-electron chi connectivity index (χ0n) is 8.57. The van der Waals surface area contributed by atoms with Crippen molar-refractivity contribution in [2.75, 3.05) is 6.61 Å². The number of halogens is 4. The van der Waals surface area contributed by atoms with Crippen LogP contribution in [0.3, 0.4) is 0 Å². The zero-order chi connectivity index (χ0) is 12.3. The molecule has 1 aromatic rings. The third-order valence-corrected chi connectivity index (χ3v) is 1.94. The van der Waals surface area contributed by atoms with Crippen molar-refractivity contribution in [2.24, 2.45) is 0 Å². The second-order valence-corrected chi connectivity index (χ2v) is 2.98. The van der Waals surface area contributed by atoms with Gasteiger partial charge in [-0.05, 0) is 18.6 Å². The number of ether oxygens (including phenoxy) is 1. The van der Waals surface area contributed by atoms with Crippen molar-refractivity contribution < 1.29 is 22.3 Å². The first-order valence-corrected chi connectivity index (χ1v) is 4.56. The Hall–Kier alpha value is -1.52. The van der Waals surface area contributed by atoms with Crippen molar-refractivity contribution in [3.63, 3.8) is 0 Å². The molecule has 0 radical (unpaired) electrons. The van der Waals surface area contributed by atoms with E-state index in [-0.39, 0.29) is 12.2 Å². The summed E-state index contributed by atoms with van der Waals surface area (Å²) in [6, 6.07) is 2.29. The molecule has 1 nitrogen and oxygen atoms in total. The largest absolute Gasteiger partial charge is 0.491 e. The normalized spacial score (nSPS) is 11.3. The van der Waals surface area contributed by atoms with Crippen molar-refractivity contribution in [1.82, 2.24) is 0 Å². The molecule has 1 aromatic carbocycles. The molecule has 0 heterocycles. The van der Waals surface area contributed by atoms with Crippen LogP contribution in [0.25, 0.3) is 6.08 Å². The van der Waals surface area contributed by atoms with Gasteiger partial charge in [0.15, 0.2) is 11.6 Å². The van der Waals surface area contributed by atoms with Crippen LogP contribution in [0.2, 0.25) is 0 Å². The topological polar surface area (TPSA) is 9.23 Å². The number of hydrogen-bond donors (Lipinski definition) is 0. The fraction of sp³-hybridized carbons (Fsp3) is 0.273. The van der Waals surface area contributed by atoms with Gasteiger partial charge in [0.1, 0.15) is 5.56 Å². The highest BCUT2D eigenvalue weighted by molar-refractivity contribution is 5.55. The maximum atomic E-state index is 13.5. The highest BCUT2D eigenvalue weighted by atomic mass is 19.4. The first-order chi connectivity index (χ1) is 7.41. The minimum Gasteiger partial charge on any atom is -0.491 e. The van der Waals surface area contributed by atoms with E-state index in [1.165, 1.54) is 0 Å². The van der Waals surface area contributed by atoms with Crippen LogP contribution < -0.4 is 4.74 Å². The summed E-state index contributed by atoms with van der Waals surface area (Å²) in [6.07, 6.45) is -3.80. The van der Waals surface area contributed by atoms with Gasteiger partial charge >= 0.3 is 6.18 Å². The van der Waals surface area contributed by atoms with E-state index >= 15 is 0 Å². The molecule has 0 spiro atoms. The Morgan fingerprint density at radius 3 is 2.44 bits per heavy atom. The molecule has 0 unspecified atom stereocenters. The van der Waals surface area contributed by atoms with Gasteiger partial charge in [0, 0.05) is 0 Å². The number of hydrogen-bond acceptors (Lipinski definition) is 1. The van der Waals surface area contributed by atoms with Crippen LogP contribution in [0.15, 0.2) is 18.7 Å². The Bertz CT molecular complexity index is 396. The Labute approximate surface area is 90.3 Å². The second kappa shape index (κ2) is 4.55. The predicted molar refractivity (Wildman–Crippen MR) is 52.7 cm³/mol. The monoisotopic (exact) mass is 234 g/mol. The van der Waals surface area contributed by atoms with Gasteiger partial charge in [-0.1, -0.05) is 18.7 Å². The Morgan fingerprint density at radius 1 is 1.38 bits per heavy atom. The fourth-order valence-electron chi connectivity index (χ4n) is 1.30. The van der Waals surface area contributed by atoms with Crippen LogP contribution in [0.4, 0.5) is 17.6 Å². The third-order valence-electron chi connectivity index (χ3n) is 1.94. The summed E-state index contributed by atoms with van der Waals surface area (Å²) >= 11 is 0. The van der Waals surface area contributed by atoms with E-state index in [2.05, 4.69) is 6.58 Å². The number of rotatable bonds is 3. The summed E-state index contributed by atoms with van der Waals surface area (Å²) < 4.78 is 56.0.